The zero-order valence-corrected chi connectivity index (χ0v) is 13.6. The van der Waals surface area contributed by atoms with E-state index in [1.165, 1.54) is 24.8 Å². The molecule has 1 fully saturated rings. The molecule has 4 heteroatoms. The Morgan fingerprint density at radius 3 is 2.64 bits per heavy atom. The molecule has 0 unspecified atom stereocenters. The molecule has 2 heterocycles. The molecule has 1 aromatic rings. The maximum Gasteiger partial charge on any atom is 0.116 e. The molecule has 0 saturated carbocycles. The lowest BCUT2D eigenvalue weighted by Gasteiger charge is -2.44. The largest absolute Gasteiger partial charge is 0.499 e. The van der Waals surface area contributed by atoms with Gasteiger partial charge in [0, 0.05) is 26.2 Å². The molecular weight excluding hydrogens is 276 g/mol. The van der Waals surface area contributed by atoms with Crippen LogP contribution in [0, 0.1) is 0 Å². The van der Waals surface area contributed by atoms with E-state index in [4.69, 9.17) is 9.47 Å². The van der Waals surface area contributed by atoms with Crippen LogP contribution in [0.5, 0.6) is 0 Å². The predicted octanol–water partition coefficient (Wildman–Crippen LogP) is 2.99. The molecule has 2 aliphatic rings. The van der Waals surface area contributed by atoms with Gasteiger partial charge in [0.2, 0.25) is 0 Å². The molecule has 0 spiro atoms. The smallest absolute Gasteiger partial charge is 0.116 e. The van der Waals surface area contributed by atoms with Gasteiger partial charge in [-0.3, -0.25) is 0 Å². The van der Waals surface area contributed by atoms with Crippen LogP contribution in [0.25, 0.3) is 0 Å². The number of hydrazine groups is 1. The number of methoxy groups -OCH3 is 2. The van der Waals surface area contributed by atoms with Crippen molar-refractivity contribution in [2.45, 2.75) is 31.3 Å². The van der Waals surface area contributed by atoms with Gasteiger partial charge in [0.15, 0.2) is 0 Å². The molecule has 0 aromatic heterocycles. The topological polar surface area (TPSA) is 24.9 Å². The van der Waals surface area contributed by atoms with E-state index in [1.807, 2.05) is 0 Å². The third-order valence-electron chi connectivity index (χ3n) is 4.68. The molecule has 0 amide bonds. The fourth-order valence-corrected chi connectivity index (χ4v) is 3.65. The molecule has 0 aliphatic carbocycles. The fraction of sp³-hybridized carbons (Fsp3) is 0.556. The van der Waals surface area contributed by atoms with E-state index < -0.39 is 0 Å². The number of rotatable bonds is 5. The zero-order valence-electron chi connectivity index (χ0n) is 13.6. The Kier molecular flexibility index (Phi) is 5.13. The normalized spacial score (nSPS) is 26.9. The zero-order chi connectivity index (χ0) is 15.4. The number of hydrogen-bond donors (Lipinski definition) is 0. The molecule has 120 valence electrons. The third-order valence-corrected chi connectivity index (χ3v) is 4.68. The molecular formula is C18H26N2O2. The van der Waals surface area contributed by atoms with Gasteiger partial charge in [0.25, 0.3) is 0 Å². The number of benzene rings is 1. The molecule has 0 bridgehead atoms. The Labute approximate surface area is 133 Å². The van der Waals surface area contributed by atoms with Gasteiger partial charge in [-0.25, -0.2) is 10.0 Å². The summed E-state index contributed by atoms with van der Waals surface area (Å²) in [5, 5.41) is 4.96. The lowest BCUT2D eigenvalue weighted by molar-refractivity contribution is -0.107. The van der Waals surface area contributed by atoms with Crippen molar-refractivity contribution in [3.05, 3.63) is 47.7 Å². The molecule has 1 aromatic carbocycles. The second-order valence-electron chi connectivity index (χ2n) is 6.01. The van der Waals surface area contributed by atoms with E-state index in [-0.39, 0.29) is 6.04 Å². The minimum Gasteiger partial charge on any atom is -0.499 e. The van der Waals surface area contributed by atoms with Crippen molar-refractivity contribution in [1.29, 1.82) is 0 Å². The van der Waals surface area contributed by atoms with Crippen molar-refractivity contribution in [1.82, 2.24) is 10.0 Å². The molecule has 3 rings (SSSR count). The Morgan fingerprint density at radius 1 is 1.09 bits per heavy atom. The van der Waals surface area contributed by atoms with Gasteiger partial charge < -0.3 is 9.47 Å². The summed E-state index contributed by atoms with van der Waals surface area (Å²) in [7, 11) is 3.57. The van der Waals surface area contributed by atoms with Crippen molar-refractivity contribution in [2.75, 3.05) is 33.9 Å². The van der Waals surface area contributed by atoms with Crippen molar-refractivity contribution in [3.8, 4) is 0 Å². The first-order chi connectivity index (χ1) is 10.8. The Bertz CT molecular complexity index is 501. The Balaban J connectivity index is 1.85. The van der Waals surface area contributed by atoms with Gasteiger partial charge in [-0.2, -0.15) is 0 Å². The molecule has 2 atom stereocenters. The molecule has 4 nitrogen and oxygen atoms in total. The van der Waals surface area contributed by atoms with Crippen LogP contribution in [-0.4, -0.2) is 50.0 Å². The first-order valence-electron chi connectivity index (χ1n) is 8.16. The van der Waals surface area contributed by atoms with Crippen molar-refractivity contribution < 1.29 is 9.47 Å². The highest BCUT2D eigenvalue weighted by Crippen LogP contribution is 2.37. The fourth-order valence-electron chi connectivity index (χ4n) is 3.65. The summed E-state index contributed by atoms with van der Waals surface area (Å²) in [6.45, 7) is 2.80. The maximum atomic E-state index is 5.66. The average Bonchev–Trinajstić information content (AvgIpc) is 3.00. The third kappa shape index (κ3) is 3.05. The Hall–Kier alpha value is -1.36. The van der Waals surface area contributed by atoms with E-state index in [0.29, 0.717) is 6.04 Å². The van der Waals surface area contributed by atoms with E-state index in [0.717, 1.165) is 25.5 Å². The molecule has 22 heavy (non-hydrogen) atoms. The summed E-state index contributed by atoms with van der Waals surface area (Å²) in [4.78, 5) is 0. The molecule has 0 N–H and O–H groups in total. The van der Waals surface area contributed by atoms with Crippen LogP contribution in [0.4, 0.5) is 0 Å². The Morgan fingerprint density at radius 2 is 1.91 bits per heavy atom. The number of hydrogen-bond acceptors (Lipinski definition) is 4. The van der Waals surface area contributed by atoms with Gasteiger partial charge in [-0.15, -0.1) is 0 Å². The van der Waals surface area contributed by atoms with Crippen LogP contribution >= 0.6 is 0 Å². The van der Waals surface area contributed by atoms with Crippen LogP contribution in [0.2, 0.25) is 0 Å². The predicted molar refractivity (Wildman–Crippen MR) is 87.2 cm³/mol. The number of piperidine rings is 1. The number of ether oxygens (including phenoxy) is 2. The van der Waals surface area contributed by atoms with Crippen LogP contribution in [0.3, 0.4) is 0 Å². The first kappa shape index (κ1) is 15.5. The minimum absolute atomic E-state index is 0.184. The lowest BCUT2D eigenvalue weighted by atomic mass is 10.0. The highest BCUT2D eigenvalue weighted by Gasteiger charge is 2.37. The SMILES string of the molecule is COC[C@@H]1CCCCN1N1CC=C(OC)[C@@H]1c1ccccc1. The van der Waals surface area contributed by atoms with Gasteiger partial charge in [0.05, 0.1) is 13.7 Å². The van der Waals surface area contributed by atoms with Gasteiger partial charge >= 0.3 is 0 Å². The molecule has 1 saturated heterocycles. The average molecular weight is 302 g/mol. The molecule has 0 radical (unpaired) electrons. The summed E-state index contributed by atoms with van der Waals surface area (Å²) in [6, 6.07) is 11.3. The van der Waals surface area contributed by atoms with Crippen molar-refractivity contribution in [2.24, 2.45) is 0 Å². The first-order valence-corrected chi connectivity index (χ1v) is 8.16. The van der Waals surface area contributed by atoms with Crippen LogP contribution < -0.4 is 0 Å². The van der Waals surface area contributed by atoms with E-state index in [1.54, 1.807) is 14.2 Å². The van der Waals surface area contributed by atoms with Crippen molar-refractivity contribution >= 4 is 0 Å². The summed E-state index contributed by atoms with van der Waals surface area (Å²) in [5.41, 5.74) is 1.29. The van der Waals surface area contributed by atoms with E-state index in [2.05, 4.69) is 46.4 Å². The highest BCUT2D eigenvalue weighted by molar-refractivity contribution is 5.28. The quantitative estimate of drug-likeness (QED) is 0.835. The molecule has 2 aliphatic heterocycles. The van der Waals surface area contributed by atoms with Gasteiger partial charge in [0.1, 0.15) is 11.8 Å². The monoisotopic (exact) mass is 302 g/mol. The second-order valence-corrected chi connectivity index (χ2v) is 6.01. The van der Waals surface area contributed by atoms with Crippen LogP contribution in [0.15, 0.2) is 42.2 Å². The van der Waals surface area contributed by atoms with Crippen LogP contribution in [-0.2, 0) is 9.47 Å². The lowest BCUT2D eigenvalue weighted by Crippen LogP contribution is -2.53. The maximum absolute atomic E-state index is 5.66. The van der Waals surface area contributed by atoms with E-state index in [9.17, 15) is 0 Å². The summed E-state index contributed by atoms with van der Waals surface area (Å²) in [6.07, 6.45) is 5.95. The highest BCUT2D eigenvalue weighted by atomic mass is 16.5. The van der Waals surface area contributed by atoms with Crippen molar-refractivity contribution in [3.63, 3.8) is 0 Å². The standard InChI is InChI=1S/C18H26N2O2/c1-21-14-16-10-6-7-12-19(16)20-13-11-17(22-2)18(20)15-8-4-3-5-9-15/h3-5,8-9,11,16,18H,6-7,10,12-14H2,1-2H3/t16-,18-/m0/s1. The second kappa shape index (κ2) is 7.27. The minimum atomic E-state index is 0.184. The van der Waals surface area contributed by atoms with E-state index >= 15 is 0 Å². The van der Waals surface area contributed by atoms with Gasteiger partial charge in [-0.1, -0.05) is 36.8 Å². The van der Waals surface area contributed by atoms with Gasteiger partial charge in [-0.05, 0) is 24.5 Å². The number of nitrogens with zero attached hydrogens (tertiary/aromatic N) is 2. The van der Waals surface area contributed by atoms with Crippen LogP contribution in [0.1, 0.15) is 30.9 Å². The summed E-state index contributed by atoms with van der Waals surface area (Å²) < 4.78 is 11.1. The summed E-state index contributed by atoms with van der Waals surface area (Å²) >= 11 is 0. The summed E-state index contributed by atoms with van der Waals surface area (Å²) in [5.74, 6) is 1.05.